The lowest BCUT2D eigenvalue weighted by Gasteiger charge is -2.23. The van der Waals surface area contributed by atoms with Crippen molar-refractivity contribution in [1.29, 1.82) is 0 Å². The Kier molecular flexibility index (Phi) is 4.20. The molecule has 0 aliphatic carbocycles. The van der Waals surface area contributed by atoms with Crippen LogP contribution in [0.25, 0.3) is 0 Å². The van der Waals surface area contributed by atoms with Crippen LogP contribution < -0.4 is 11.1 Å². The van der Waals surface area contributed by atoms with Crippen LogP contribution in [0.2, 0.25) is 0 Å². The Balaban J connectivity index is 2.10. The summed E-state index contributed by atoms with van der Waals surface area (Å²) in [5.41, 5.74) is 6.82. The van der Waals surface area contributed by atoms with Gasteiger partial charge in [0, 0.05) is 11.8 Å². The third-order valence-electron chi connectivity index (χ3n) is 3.24. The van der Waals surface area contributed by atoms with Gasteiger partial charge in [0.25, 0.3) is 0 Å². The lowest BCUT2D eigenvalue weighted by molar-refractivity contribution is -0.120. The molecular weight excluding hydrogens is 252 g/mol. The largest absolute Gasteiger partial charge is 0.314 e. The van der Waals surface area contributed by atoms with E-state index in [0.29, 0.717) is 5.82 Å². The minimum absolute atomic E-state index is 0.279. The maximum absolute atomic E-state index is 12.3. The third kappa shape index (κ3) is 3.05. The average molecular weight is 272 g/mol. The summed E-state index contributed by atoms with van der Waals surface area (Å²) < 4.78 is 0. The van der Waals surface area contributed by atoms with E-state index in [1.807, 2.05) is 36.4 Å². The summed E-state index contributed by atoms with van der Waals surface area (Å²) in [5.74, 6) is 0.226. The topological polar surface area (TPSA) is 83.8 Å². The number of aromatic nitrogens is 2. The molecular formula is C15H20N4O. The number of nitrogens with one attached hydrogen (secondary N) is 2. The van der Waals surface area contributed by atoms with Gasteiger partial charge in [-0.25, -0.2) is 0 Å². The highest BCUT2D eigenvalue weighted by atomic mass is 16.2. The number of aromatic amines is 1. The number of nitrogens with zero attached hydrogens (tertiary/aromatic N) is 1. The van der Waals surface area contributed by atoms with Gasteiger partial charge >= 0.3 is 0 Å². The number of anilines is 1. The molecule has 106 valence electrons. The van der Waals surface area contributed by atoms with Crippen LogP contribution in [-0.4, -0.2) is 16.1 Å². The quantitative estimate of drug-likeness (QED) is 0.780. The fraction of sp³-hybridized carbons (Fsp3) is 0.333. The summed E-state index contributed by atoms with van der Waals surface area (Å²) in [7, 11) is 0. The highest BCUT2D eigenvalue weighted by Gasteiger charge is 2.30. The van der Waals surface area contributed by atoms with Gasteiger partial charge in [-0.2, -0.15) is 5.10 Å². The molecule has 20 heavy (non-hydrogen) atoms. The smallest absolute Gasteiger partial charge is 0.249 e. The highest BCUT2D eigenvalue weighted by Crippen LogP contribution is 2.19. The fourth-order valence-electron chi connectivity index (χ4n) is 1.98. The van der Waals surface area contributed by atoms with Crippen LogP contribution in [-0.2, 0) is 16.8 Å². The molecule has 1 unspecified atom stereocenters. The second-order valence-corrected chi connectivity index (χ2v) is 5.05. The number of benzene rings is 1. The van der Waals surface area contributed by atoms with Crippen LogP contribution >= 0.6 is 0 Å². The highest BCUT2D eigenvalue weighted by molar-refractivity contribution is 5.97. The van der Waals surface area contributed by atoms with Gasteiger partial charge in [-0.05, 0) is 18.9 Å². The molecule has 5 nitrogen and oxygen atoms in total. The molecule has 2 rings (SSSR count). The van der Waals surface area contributed by atoms with Gasteiger partial charge in [-0.1, -0.05) is 43.7 Å². The molecule has 0 bridgehead atoms. The summed E-state index contributed by atoms with van der Waals surface area (Å²) in [6, 6.07) is 11.1. The first-order valence-electron chi connectivity index (χ1n) is 6.74. The number of hydrogen-bond donors (Lipinski definition) is 3. The molecule has 0 saturated heterocycles. The van der Waals surface area contributed by atoms with Gasteiger partial charge in [0.2, 0.25) is 5.91 Å². The van der Waals surface area contributed by atoms with E-state index in [9.17, 15) is 4.79 Å². The average Bonchev–Trinajstić information content (AvgIpc) is 2.87. The van der Waals surface area contributed by atoms with Crippen LogP contribution in [0.4, 0.5) is 5.82 Å². The normalized spacial score (nSPS) is 13.8. The number of carbonyl (C=O) groups is 1. The zero-order valence-corrected chi connectivity index (χ0v) is 11.8. The first kappa shape index (κ1) is 14.3. The SMILES string of the molecule is CCCc1cc(NC(=O)C(C)(N)c2ccccc2)n[nH]1. The van der Waals surface area contributed by atoms with Crippen molar-refractivity contribution in [3.63, 3.8) is 0 Å². The van der Waals surface area contributed by atoms with Gasteiger partial charge < -0.3 is 11.1 Å². The summed E-state index contributed by atoms with van der Waals surface area (Å²) in [5, 5.41) is 9.72. The van der Waals surface area contributed by atoms with Crippen LogP contribution in [0.1, 0.15) is 31.5 Å². The predicted octanol–water partition coefficient (Wildman–Crippen LogP) is 2.17. The minimum atomic E-state index is -1.09. The summed E-state index contributed by atoms with van der Waals surface area (Å²) in [6.45, 7) is 3.78. The van der Waals surface area contributed by atoms with Crippen LogP contribution in [0.15, 0.2) is 36.4 Å². The molecule has 0 aliphatic rings. The molecule has 4 N–H and O–H groups in total. The van der Waals surface area contributed by atoms with Crippen molar-refractivity contribution in [2.45, 2.75) is 32.2 Å². The molecule has 1 atom stereocenters. The van der Waals surface area contributed by atoms with Crippen molar-refractivity contribution in [1.82, 2.24) is 10.2 Å². The number of H-pyrrole nitrogens is 1. The standard InChI is InChI=1S/C15H20N4O/c1-3-7-12-10-13(19-18-12)17-14(20)15(2,16)11-8-5-4-6-9-11/h4-6,8-10H,3,7,16H2,1-2H3,(H2,17,18,19,20). The minimum Gasteiger partial charge on any atom is -0.314 e. The Bertz CT molecular complexity index is 575. The zero-order valence-electron chi connectivity index (χ0n) is 11.8. The molecule has 1 heterocycles. The number of nitrogens with two attached hydrogens (primary N) is 1. The van der Waals surface area contributed by atoms with Crippen LogP contribution in [0.3, 0.4) is 0 Å². The molecule has 0 spiro atoms. The van der Waals surface area contributed by atoms with Crippen molar-refractivity contribution in [3.05, 3.63) is 47.7 Å². The number of rotatable bonds is 5. The Morgan fingerprint density at radius 3 is 2.75 bits per heavy atom. The Morgan fingerprint density at radius 1 is 1.40 bits per heavy atom. The number of aryl methyl sites for hydroxylation is 1. The Hall–Kier alpha value is -2.14. The van der Waals surface area contributed by atoms with E-state index >= 15 is 0 Å². The number of hydrogen-bond acceptors (Lipinski definition) is 3. The van der Waals surface area contributed by atoms with E-state index in [1.165, 1.54) is 0 Å². The molecule has 0 saturated carbocycles. The van der Waals surface area contributed by atoms with Crippen molar-refractivity contribution >= 4 is 11.7 Å². The van der Waals surface area contributed by atoms with E-state index < -0.39 is 5.54 Å². The summed E-state index contributed by atoms with van der Waals surface area (Å²) in [4.78, 5) is 12.3. The zero-order chi connectivity index (χ0) is 14.6. The van der Waals surface area contributed by atoms with E-state index in [0.717, 1.165) is 24.1 Å². The van der Waals surface area contributed by atoms with Crippen molar-refractivity contribution in [3.8, 4) is 0 Å². The van der Waals surface area contributed by atoms with Gasteiger partial charge in [-0.3, -0.25) is 9.89 Å². The summed E-state index contributed by atoms with van der Waals surface area (Å²) in [6.07, 6.45) is 1.93. The first-order valence-corrected chi connectivity index (χ1v) is 6.74. The number of amides is 1. The lowest BCUT2D eigenvalue weighted by atomic mass is 9.92. The van der Waals surface area contributed by atoms with E-state index in [2.05, 4.69) is 22.4 Å². The summed E-state index contributed by atoms with van der Waals surface area (Å²) >= 11 is 0. The second kappa shape index (κ2) is 5.88. The molecule has 0 aliphatic heterocycles. The second-order valence-electron chi connectivity index (χ2n) is 5.05. The molecule has 1 aromatic carbocycles. The van der Waals surface area contributed by atoms with Crippen molar-refractivity contribution < 1.29 is 4.79 Å². The first-order chi connectivity index (χ1) is 9.54. The van der Waals surface area contributed by atoms with E-state index in [1.54, 1.807) is 6.92 Å². The van der Waals surface area contributed by atoms with Gasteiger partial charge in [0.1, 0.15) is 5.54 Å². The van der Waals surface area contributed by atoms with Crippen molar-refractivity contribution in [2.24, 2.45) is 5.73 Å². The molecule has 1 aromatic heterocycles. The fourth-order valence-corrected chi connectivity index (χ4v) is 1.98. The maximum Gasteiger partial charge on any atom is 0.249 e. The number of carbonyl (C=O) groups excluding carboxylic acids is 1. The molecule has 0 radical (unpaired) electrons. The maximum atomic E-state index is 12.3. The predicted molar refractivity (Wildman–Crippen MR) is 79.2 cm³/mol. The molecule has 2 aromatic rings. The Labute approximate surface area is 118 Å². The van der Waals surface area contributed by atoms with Gasteiger partial charge in [0.15, 0.2) is 5.82 Å². The Morgan fingerprint density at radius 2 is 2.10 bits per heavy atom. The lowest BCUT2D eigenvalue weighted by Crippen LogP contribution is -2.45. The van der Waals surface area contributed by atoms with Crippen molar-refractivity contribution in [2.75, 3.05) is 5.32 Å². The van der Waals surface area contributed by atoms with E-state index in [4.69, 9.17) is 5.73 Å². The van der Waals surface area contributed by atoms with Crippen LogP contribution in [0, 0.1) is 0 Å². The van der Waals surface area contributed by atoms with Gasteiger partial charge in [-0.15, -0.1) is 0 Å². The molecule has 0 fully saturated rings. The van der Waals surface area contributed by atoms with Gasteiger partial charge in [0.05, 0.1) is 0 Å². The monoisotopic (exact) mass is 272 g/mol. The van der Waals surface area contributed by atoms with Crippen LogP contribution in [0.5, 0.6) is 0 Å². The third-order valence-corrected chi connectivity index (χ3v) is 3.24. The molecule has 5 heteroatoms. The van der Waals surface area contributed by atoms with E-state index in [-0.39, 0.29) is 5.91 Å². The molecule has 1 amide bonds.